The van der Waals surface area contributed by atoms with Gasteiger partial charge in [0.15, 0.2) is 18.2 Å². The van der Waals surface area contributed by atoms with Gasteiger partial charge in [0.05, 0.1) is 16.1 Å². The van der Waals surface area contributed by atoms with Gasteiger partial charge in [0, 0.05) is 26.9 Å². The second kappa shape index (κ2) is 8.45. The van der Waals surface area contributed by atoms with Crippen LogP contribution in [0.2, 0.25) is 5.02 Å². The second-order valence-corrected chi connectivity index (χ2v) is 7.98. The summed E-state index contributed by atoms with van der Waals surface area (Å²) in [6, 6.07) is 16.0. The average Bonchev–Trinajstić information content (AvgIpc) is 2.77. The normalized spacial score (nSPS) is 12.1. The van der Waals surface area contributed by atoms with E-state index in [0.29, 0.717) is 5.69 Å². The second-order valence-electron chi connectivity index (χ2n) is 6.68. The van der Waals surface area contributed by atoms with Gasteiger partial charge in [-0.3, -0.25) is 14.4 Å². The number of anilines is 1. The van der Waals surface area contributed by atoms with E-state index in [0.717, 1.165) is 4.47 Å². The molecule has 0 aromatic heterocycles. The molecule has 4 rings (SSSR count). The summed E-state index contributed by atoms with van der Waals surface area (Å²) in [5, 5.41) is 2.42. The maximum Gasteiger partial charge on any atom is 0.340 e. The Bertz CT molecular complexity index is 1250. The minimum Gasteiger partial charge on any atom is -0.452 e. The van der Waals surface area contributed by atoms with Crippen LogP contribution in [0.15, 0.2) is 65.1 Å². The zero-order valence-electron chi connectivity index (χ0n) is 15.8. The molecule has 3 aromatic carbocycles. The van der Waals surface area contributed by atoms with Gasteiger partial charge in [-0.15, -0.1) is 0 Å². The molecule has 0 heterocycles. The summed E-state index contributed by atoms with van der Waals surface area (Å²) < 4.78 is 5.90. The van der Waals surface area contributed by atoms with Crippen LogP contribution in [-0.4, -0.2) is 30.0 Å². The van der Waals surface area contributed by atoms with Crippen molar-refractivity contribution < 1.29 is 23.9 Å². The first-order valence-corrected chi connectivity index (χ1v) is 10.3. The third kappa shape index (κ3) is 4.02. The van der Waals surface area contributed by atoms with Crippen molar-refractivity contribution in [1.82, 2.24) is 0 Å². The first-order chi connectivity index (χ1) is 14.9. The molecule has 1 aliphatic carbocycles. The molecule has 3 aromatic rings. The summed E-state index contributed by atoms with van der Waals surface area (Å²) in [6.45, 7) is -0.544. The van der Waals surface area contributed by atoms with Gasteiger partial charge in [0.25, 0.3) is 5.91 Å². The third-order valence-corrected chi connectivity index (χ3v) is 5.63. The fraction of sp³-hybridized carbons (Fsp3) is 0.0435. The van der Waals surface area contributed by atoms with E-state index >= 15 is 0 Å². The lowest BCUT2D eigenvalue weighted by Crippen LogP contribution is -2.24. The summed E-state index contributed by atoms with van der Waals surface area (Å²) in [5.74, 6) is -2.21. The number of nitrogens with one attached hydrogen (secondary N) is 1. The minimum absolute atomic E-state index is 0.0425. The average molecular weight is 499 g/mol. The Hall–Kier alpha value is -3.29. The van der Waals surface area contributed by atoms with E-state index in [2.05, 4.69) is 21.2 Å². The highest BCUT2D eigenvalue weighted by atomic mass is 79.9. The van der Waals surface area contributed by atoms with E-state index in [1.165, 1.54) is 18.2 Å². The number of carbonyl (C=O) groups is 4. The largest absolute Gasteiger partial charge is 0.452 e. The molecule has 1 amide bonds. The van der Waals surface area contributed by atoms with Gasteiger partial charge >= 0.3 is 5.97 Å². The van der Waals surface area contributed by atoms with Crippen LogP contribution in [0, 0.1) is 0 Å². The molecule has 8 heteroatoms. The fourth-order valence-electron chi connectivity index (χ4n) is 3.24. The molecule has 0 atom stereocenters. The van der Waals surface area contributed by atoms with E-state index in [1.54, 1.807) is 42.5 Å². The molecular formula is C23H13BrClNO5. The predicted molar refractivity (Wildman–Crippen MR) is 118 cm³/mol. The number of hydrogen-bond acceptors (Lipinski definition) is 5. The van der Waals surface area contributed by atoms with Gasteiger partial charge in [-0.25, -0.2) is 4.79 Å². The molecule has 0 radical (unpaired) electrons. The number of esters is 1. The van der Waals surface area contributed by atoms with Crippen LogP contribution in [0.1, 0.15) is 42.2 Å². The van der Waals surface area contributed by atoms with Crippen LogP contribution >= 0.6 is 27.5 Å². The Balaban J connectivity index is 1.52. The van der Waals surface area contributed by atoms with Gasteiger partial charge in [-0.2, -0.15) is 0 Å². The number of ketones is 2. The molecule has 31 heavy (non-hydrogen) atoms. The number of carbonyl (C=O) groups excluding carboxylic acids is 4. The monoisotopic (exact) mass is 497 g/mol. The number of ether oxygens (including phenoxy) is 1. The van der Waals surface area contributed by atoms with Crippen molar-refractivity contribution in [2.75, 3.05) is 11.9 Å². The summed E-state index contributed by atoms with van der Waals surface area (Å²) in [6.07, 6.45) is 0. The first kappa shape index (κ1) is 21.0. The molecule has 1 aliphatic rings. The summed E-state index contributed by atoms with van der Waals surface area (Å²) >= 11 is 9.63. The van der Waals surface area contributed by atoms with Crippen molar-refractivity contribution in [2.45, 2.75) is 0 Å². The lowest BCUT2D eigenvalue weighted by molar-refractivity contribution is -0.119. The number of amides is 1. The van der Waals surface area contributed by atoms with Crippen molar-refractivity contribution in [3.63, 3.8) is 0 Å². The molecule has 0 fully saturated rings. The van der Waals surface area contributed by atoms with Crippen LogP contribution in [0.4, 0.5) is 5.69 Å². The molecule has 6 nitrogen and oxygen atoms in total. The van der Waals surface area contributed by atoms with Crippen LogP contribution in [0.25, 0.3) is 0 Å². The van der Waals surface area contributed by atoms with Gasteiger partial charge in [0.2, 0.25) is 0 Å². The first-order valence-electron chi connectivity index (χ1n) is 9.10. The van der Waals surface area contributed by atoms with Crippen LogP contribution in [0.3, 0.4) is 0 Å². The highest BCUT2D eigenvalue weighted by molar-refractivity contribution is 9.10. The lowest BCUT2D eigenvalue weighted by Gasteiger charge is -2.19. The predicted octanol–water partition coefficient (Wildman–Crippen LogP) is 4.67. The third-order valence-electron chi connectivity index (χ3n) is 4.71. The Morgan fingerprint density at radius 2 is 1.52 bits per heavy atom. The highest BCUT2D eigenvalue weighted by Gasteiger charge is 2.33. The van der Waals surface area contributed by atoms with Crippen molar-refractivity contribution in [3.8, 4) is 0 Å². The summed E-state index contributed by atoms with van der Waals surface area (Å²) in [7, 11) is 0. The standard InChI is InChI=1S/C23H13BrClNO5/c24-12-5-7-13(8-6-12)26-18(27)11-31-23(30)17-10-9-16-19(20(17)25)22(29)15-4-2-1-3-14(15)21(16)28/h1-10H,11H2,(H,26,27). The Kier molecular flexibility index (Phi) is 5.71. The topological polar surface area (TPSA) is 89.5 Å². The summed E-state index contributed by atoms with van der Waals surface area (Å²) in [5.41, 5.74) is 1.03. The number of hydrogen-bond donors (Lipinski definition) is 1. The highest BCUT2D eigenvalue weighted by Crippen LogP contribution is 2.34. The molecule has 154 valence electrons. The zero-order valence-corrected chi connectivity index (χ0v) is 18.1. The molecule has 0 unspecified atom stereocenters. The maximum atomic E-state index is 12.9. The molecule has 1 N–H and O–H groups in total. The van der Waals surface area contributed by atoms with E-state index in [4.69, 9.17) is 16.3 Å². The number of rotatable bonds is 4. The zero-order chi connectivity index (χ0) is 22.1. The Morgan fingerprint density at radius 1 is 0.871 bits per heavy atom. The van der Waals surface area contributed by atoms with Gasteiger partial charge in [-0.1, -0.05) is 51.8 Å². The SMILES string of the molecule is O=C(COC(=O)c1ccc2c(c1Cl)C(=O)c1ccccc1C2=O)Nc1ccc(Br)cc1. The van der Waals surface area contributed by atoms with Crippen LogP contribution in [-0.2, 0) is 9.53 Å². The van der Waals surface area contributed by atoms with E-state index in [9.17, 15) is 19.2 Å². The van der Waals surface area contributed by atoms with Crippen molar-refractivity contribution in [3.05, 3.63) is 98.0 Å². The van der Waals surface area contributed by atoms with E-state index in [1.807, 2.05) is 0 Å². The Morgan fingerprint density at radius 3 is 2.19 bits per heavy atom. The van der Waals surface area contributed by atoms with Crippen molar-refractivity contribution >= 4 is 56.7 Å². The summed E-state index contributed by atoms with van der Waals surface area (Å²) in [4.78, 5) is 50.1. The lowest BCUT2D eigenvalue weighted by atomic mass is 9.83. The van der Waals surface area contributed by atoms with Gasteiger partial charge in [-0.05, 0) is 36.4 Å². The maximum absolute atomic E-state index is 12.9. The molecule has 0 saturated carbocycles. The van der Waals surface area contributed by atoms with Crippen molar-refractivity contribution in [1.29, 1.82) is 0 Å². The molecule has 0 aliphatic heterocycles. The van der Waals surface area contributed by atoms with Crippen LogP contribution in [0.5, 0.6) is 0 Å². The van der Waals surface area contributed by atoms with E-state index < -0.39 is 24.3 Å². The quantitative estimate of drug-likeness (QED) is 0.413. The Labute approximate surface area is 190 Å². The smallest absolute Gasteiger partial charge is 0.340 e. The molecule has 0 spiro atoms. The van der Waals surface area contributed by atoms with Crippen LogP contribution < -0.4 is 5.32 Å². The number of halogens is 2. The van der Waals surface area contributed by atoms with E-state index in [-0.39, 0.29) is 38.6 Å². The minimum atomic E-state index is -0.877. The van der Waals surface area contributed by atoms with Crippen molar-refractivity contribution in [2.24, 2.45) is 0 Å². The fourth-order valence-corrected chi connectivity index (χ4v) is 3.84. The molecular weight excluding hydrogens is 486 g/mol. The number of fused-ring (bicyclic) bond motifs is 2. The van der Waals surface area contributed by atoms with Gasteiger partial charge in [0.1, 0.15) is 0 Å². The molecule has 0 saturated heterocycles. The molecule has 0 bridgehead atoms. The number of benzene rings is 3. The van der Waals surface area contributed by atoms with Gasteiger partial charge < -0.3 is 10.1 Å².